The largest absolute Gasteiger partial charge is 0.353 e. The van der Waals surface area contributed by atoms with Crippen LogP contribution < -0.4 is 4.90 Å². The van der Waals surface area contributed by atoms with Crippen LogP contribution in [-0.4, -0.2) is 17.6 Å². The molecule has 0 N–H and O–H groups in total. The minimum absolute atomic E-state index is 0.606. The monoisotopic (exact) mass is 222 g/mol. The van der Waals surface area contributed by atoms with Crippen LogP contribution >= 0.6 is 11.6 Å². The van der Waals surface area contributed by atoms with E-state index in [9.17, 15) is 0 Å². The summed E-state index contributed by atoms with van der Waals surface area (Å²) in [5.41, 5.74) is 0. The van der Waals surface area contributed by atoms with E-state index >= 15 is 0 Å². The number of aromatic nitrogens is 1. The average molecular weight is 223 g/mol. The van der Waals surface area contributed by atoms with E-state index in [-0.39, 0.29) is 0 Å². The molecule has 2 aliphatic heterocycles. The van der Waals surface area contributed by atoms with Crippen molar-refractivity contribution in [2.75, 3.05) is 11.4 Å². The number of fused-ring (bicyclic) bond motifs is 3. The van der Waals surface area contributed by atoms with Gasteiger partial charge >= 0.3 is 0 Å². The Bertz CT molecular complexity index is 358. The number of halogens is 1. The summed E-state index contributed by atoms with van der Waals surface area (Å²) in [6.07, 6.45) is 5.47. The molecule has 0 unspecified atom stereocenters. The minimum Gasteiger partial charge on any atom is -0.353 e. The number of piperidine rings is 2. The zero-order valence-electron chi connectivity index (χ0n) is 8.69. The van der Waals surface area contributed by atoms with Crippen LogP contribution in [0.1, 0.15) is 25.7 Å². The first kappa shape index (κ1) is 9.46. The number of nitrogens with zero attached hydrogens (tertiary/aromatic N) is 2. The molecule has 1 aromatic heterocycles. The summed E-state index contributed by atoms with van der Waals surface area (Å²) in [4.78, 5) is 6.85. The van der Waals surface area contributed by atoms with Crippen LogP contribution in [0.25, 0.3) is 0 Å². The normalized spacial score (nSPS) is 29.5. The Morgan fingerprint density at radius 2 is 2.00 bits per heavy atom. The van der Waals surface area contributed by atoms with E-state index in [0.29, 0.717) is 11.2 Å². The Hall–Kier alpha value is -0.760. The first-order valence-corrected chi connectivity index (χ1v) is 6.10. The Balaban J connectivity index is 1.88. The zero-order valence-corrected chi connectivity index (χ0v) is 9.45. The van der Waals surface area contributed by atoms with Gasteiger partial charge < -0.3 is 4.90 Å². The van der Waals surface area contributed by atoms with Crippen LogP contribution in [0.3, 0.4) is 0 Å². The number of rotatable bonds is 1. The maximum atomic E-state index is 5.93. The van der Waals surface area contributed by atoms with E-state index < -0.39 is 0 Å². The van der Waals surface area contributed by atoms with Crippen molar-refractivity contribution in [2.45, 2.75) is 31.7 Å². The highest BCUT2D eigenvalue weighted by molar-refractivity contribution is 6.29. The lowest BCUT2D eigenvalue weighted by atomic mass is 9.80. The van der Waals surface area contributed by atoms with Crippen LogP contribution in [0.4, 0.5) is 5.82 Å². The van der Waals surface area contributed by atoms with Crippen LogP contribution in [0.15, 0.2) is 18.2 Å². The van der Waals surface area contributed by atoms with E-state index in [2.05, 4.69) is 16.0 Å². The Kier molecular flexibility index (Phi) is 2.32. The Labute approximate surface area is 95.3 Å². The standard InChI is InChI=1S/C12H15ClN2/c13-11-2-1-3-12(14-11)15-8-9-4-6-10(15)7-5-9/h1-3,9-10H,4-8H2. The zero-order chi connectivity index (χ0) is 10.3. The molecule has 1 saturated carbocycles. The van der Waals surface area contributed by atoms with Gasteiger partial charge in [-0.1, -0.05) is 17.7 Å². The second-order valence-electron chi connectivity index (χ2n) is 4.65. The second-order valence-corrected chi connectivity index (χ2v) is 5.03. The van der Waals surface area contributed by atoms with Crippen molar-refractivity contribution in [3.8, 4) is 0 Å². The molecule has 2 bridgehead atoms. The average Bonchev–Trinajstić information content (AvgIpc) is 2.30. The number of hydrogen-bond acceptors (Lipinski definition) is 2. The molecule has 1 aromatic rings. The lowest BCUT2D eigenvalue weighted by Gasteiger charge is -2.46. The summed E-state index contributed by atoms with van der Waals surface area (Å²) in [5, 5.41) is 0.606. The minimum atomic E-state index is 0.606. The molecule has 0 atom stereocenters. The van der Waals surface area contributed by atoms with Gasteiger partial charge in [0.2, 0.25) is 0 Å². The molecule has 3 fully saturated rings. The predicted octanol–water partition coefficient (Wildman–Crippen LogP) is 3.11. The fraction of sp³-hybridized carbons (Fsp3) is 0.583. The van der Waals surface area contributed by atoms with Gasteiger partial charge in [0.25, 0.3) is 0 Å². The Morgan fingerprint density at radius 1 is 1.20 bits per heavy atom. The van der Waals surface area contributed by atoms with Crippen LogP contribution in [0.2, 0.25) is 5.15 Å². The molecule has 3 heterocycles. The second kappa shape index (κ2) is 3.67. The van der Waals surface area contributed by atoms with Gasteiger partial charge in [-0.3, -0.25) is 0 Å². The van der Waals surface area contributed by atoms with Crippen molar-refractivity contribution < 1.29 is 0 Å². The summed E-state index contributed by atoms with van der Waals surface area (Å²) < 4.78 is 0. The van der Waals surface area contributed by atoms with Crippen molar-refractivity contribution in [1.82, 2.24) is 4.98 Å². The van der Waals surface area contributed by atoms with Crippen molar-refractivity contribution in [3.05, 3.63) is 23.4 Å². The third-order valence-corrected chi connectivity index (χ3v) is 3.92. The first-order chi connectivity index (χ1) is 7.33. The highest BCUT2D eigenvalue weighted by Crippen LogP contribution is 2.37. The molecule has 0 aromatic carbocycles. The summed E-state index contributed by atoms with van der Waals surface area (Å²) >= 11 is 5.93. The predicted molar refractivity (Wildman–Crippen MR) is 62.3 cm³/mol. The summed E-state index contributed by atoms with van der Waals surface area (Å²) in [5.74, 6) is 1.95. The van der Waals surface area contributed by atoms with Crippen molar-refractivity contribution in [3.63, 3.8) is 0 Å². The molecule has 2 nitrogen and oxygen atoms in total. The van der Waals surface area contributed by atoms with Gasteiger partial charge in [-0.25, -0.2) is 4.98 Å². The van der Waals surface area contributed by atoms with Crippen molar-refractivity contribution in [1.29, 1.82) is 0 Å². The smallest absolute Gasteiger partial charge is 0.131 e. The lowest BCUT2D eigenvalue weighted by molar-refractivity contribution is 0.251. The maximum absolute atomic E-state index is 5.93. The molecular weight excluding hydrogens is 208 g/mol. The molecular formula is C12H15ClN2. The molecule has 3 aliphatic rings. The number of anilines is 1. The molecule has 1 aliphatic carbocycles. The molecule has 0 radical (unpaired) electrons. The highest BCUT2D eigenvalue weighted by atomic mass is 35.5. The van der Waals surface area contributed by atoms with E-state index in [0.717, 1.165) is 11.7 Å². The molecule has 15 heavy (non-hydrogen) atoms. The fourth-order valence-corrected chi connectivity index (χ4v) is 3.06. The van der Waals surface area contributed by atoms with E-state index in [1.165, 1.54) is 32.2 Å². The van der Waals surface area contributed by atoms with Gasteiger partial charge in [0.15, 0.2) is 0 Å². The summed E-state index contributed by atoms with van der Waals surface area (Å²) in [7, 11) is 0. The van der Waals surface area contributed by atoms with Crippen LogP contribution in [-0.2, 0) is 0 Å². The number of hydrogen-bond donors (Lipinski definition) is 0. The van der Waals surface area contributed by atoms with E-state index in [1.807, 2.05) is 12.1 Å². The highest BCUT2D eigenvalue weighted by Gasteiger charge is 2.34. The third-order valence-electron chi connectivity index (χ3n) is 3.71. The van der Waals surface area contributed by atoms with E-state index in [1.54, 1.807) is 0 Å². The molecule has 0 spiro atoms. The van der Waals surface area contributed by atoms with Gasteiger partial charge in [-0.2, -0.15) is 0 Å². The van der Waals surface area contributed by atoms with Crippen molar-refractivity contribution >= 4 is 17.4 Å². The van der Waals surface area contributed by atoms with Crippen molar-refractivity contribution in [2.24, 2.45) is 5.92 Å². The molecule has 3 heteroatoms. The fourth-order valence-electron chi connectivity index (χ4n) is 2.90. The van der Waals surface area contributed by atoms with Gasteiger partial charge in [-0.15, -0.1) is 0 Å². The van der Waals surface area contributed by atoms with Gasteiger partial charge in [0, 0.05) is 12.6 Å². The molecule has 2 saturated heterocycles. The van der Waals surface area contributed by atoms with Crippen LogP contribution in [0, 0.1) is 5.92 Å². The first-order valence-electron chi connectivity index (χ1n) is 5.72. The van der Waals surface area contributed by atoms with Gasteiger partial charge in [0.1, 0.15) is 11.0 Å². The Morgan fingerprint density at radius 3 is 2.60 bits per heavy atom. The van der Waals surface area contributed by atoms with Crippen LogP contribution in [0.5, 0.6) is 0 Å². The SMILES string of the molecule is Clc1cccc(N2CC3CCC2CC3)n1. The molecule has 4 rings (SSSR count). The maximum Gasteiger partial charge on any atom is 0.131 e. The molecule has 0 amide bonds. The lowest BCUT2D eigenvalue weighted by Crippen LogP contribution is -2.48. The topological polar surface area (TPSA) is 16.1 Å². The molecule has 80 valence electrons. The van der Waals surface area contributed by atoms with Gasteiger partial charge in [0.05, 0.1) is 0 Å². The number of pyridine rings is 1. The van der Waals surface area contributed by atoms with Gasteiger partial charge in [-0.05, 0) is 43.7 Å². The summed E-state index contributed by atoms with van der Waals surface area (Å²) in [6.45, 7) is 1.18. The quantitative estimate of drug-likeness (QED) is 0.679. The summed E-state index contributed by atoms with van der Waals surface area (Å²) in [6, 6.07) is 6.62. The van der Waals surface area contributed by atoms with E-state index in [4.69, 9.17) is 11.6 Å². The third kappa shape index (κ3) is 1.71.